The average molecular weight is 295 g/mol. The standard InChI is InChI=1S/C19H25N3/c1-2-15(7-5-6-12-22-19(20)21)13-16-10-11-17-8-3-4-9-18(17)14-16/h2-4,8-11,14-15H,1,5-7,12-13H2,(H4,20,21,22). The second-order valence-corrected chi connectivity index (χ2v) is 5.68. The molecule has 0 radical (unpaired) electrons. The van der Waals surface area contributed by atoms with Crippen molar-refractivity contribution in [3.8, 4) is 0 Å². The molecule has 0 aliphatic carbocycles. The van der Waals surface area contributed by atoms with Crippen LogP contribution in [0.3, 0.4) is 0 Å². The van der Waals surface area contributed by atoms with Crippen molar-refractivity contribution in [2.75, 3.05) is 6.54 Å². The number of rotatable bonds is 8. The van der Waals surface area contributed by atoms with Gasteiger partial charge in [0.15, 0.2) is 5.96 Å². The largest absolute Gasteiger partial charge is 0.370 e. The lowest BCUT2D eigenvalue weighted by Crippen LogP contribution is -2.22. The Morgan fingerprint density at radius 3 is 2.59 bits per heavy atom. The topological polar surface area (TPSA) is 64.4 Å². The van der Waals surface area contributed by atoms with Gasteiger partial charge in [0.2, 0.25) is 0 Å². The first kappa shape index (κ1) is 16.1. The minimum absolute atomic E-state index is 0.177. The molecule has 3 nitrogen and oxygen atoms in total. The third-order valence-electron chi connectivity index (χ3n) is 3.92. The van der Waals surface area contributed by atoms with Crippen LogP contribution < -0.4 is 11.5 Å². The molecule has 0 amide bonds. The maximum atomic E-state index is 5.32. The summed E-state index contributed by atoms with van der Waals surface area (Å²) < 4.78 is 0. The molecule has 2 aromatic rings. The highest BCUT2D eigenvalue weighted by Crippen LogP contribution is 2.20. The lowest BCUT2D eigenvalue weighted by Gasteiger charge is -2.13. The summed E-state index contributed by atoms with van der Waals surface area (Å²) in [6.07, 6.45) is 6.35. The second-order valence-electron chi connectivity index (χ2n) is 5.68. The summed E-state index contributed by atoms with van der Waals surface area (Å²) in [5.74, 6) is 0.678. The van der Waals surface area contributed by atoms with Gasteiger partial charge in [-0.1, -0.05) is 55.0 Å². The molecule has 1 unspecified atom stereocenters. The summed E-state index contributed by atoms with van der Waals surface area (Å²) in [5, 5.41) is 2.59. The zero-order valence-corrected chi connectivity index (χ0v) is 13.0. The van der Waals surface area contributed by atoms with Crippen LogP contribution in [0.4, 0.5) is 0 Å². The van der Waals surface area contributed by atoms with E-state index in [1.807, 2.05) is 0 Å². The van der Waals surface area contributed by atoms with E-state index in [1.165, 1.54) is 16.3 Å². The summed E-state index contributed by atoms with van der Waals surface area (Å²) in [5.41, 5.74) is 12.0. The fraction of sp³-hybridized carbons (Fsp3) is 0.316. The smallest absolute Gasteiger partial charge is 0.185 e. The van der Waals surface area contributed by atoms with Gasteiger partial charge in [0.1, 0.15) is 0 Å². The Morgan fingerprint density at radius 2 is 1.86 bits per heavy atom. The van der Waals surface area contributed by atoms with Gasteiger partial charge in [0.25, 0.3) is 0 Å². The number of guanidine groups is 1. The van der Waals surface area contributed by atoms with E-state index in [0.717, 1.165) is 25.7 Å². The SMILES string of the molecule is C=CC(CCCCN=C(N)N)Cc1ccc2ccccc2c1. The van der Waals surface area contributed by atoms with Crippen LogP contribution in [-0.4, -0.2) is 12.5 Å². The molecular formula is C19H25N3. The highest BCUT2D eigenvalue weighted by atomic mass is 15.0. The predicted molar refractivity (Wildman–Crippen MR) is 95.9 cm³/mol. The molecule has 4 N–H and O–H groups in total. The zero-order valence-electron chi connectivity index (χ0n) is 13.0. The van der Waals surface area contributed by atoms with Gasteiger partial charge in [-0.15, -0.1) is 6.58 Å². The Kier molecular flexibility index (Phi) is 6.01. The molecule has 22 heavy (non-hydrogen) atoms. The van der Waals surface area contributed by atoms with E-state index in [-0.39, 0.29) is 5.96 Å². The van der Waals surface area contributed by atoms with Crippen molar-refractivity contribution in [3.63, 3.8) is 0 Å². The van der Waals surface area contributed by atoms with Crippen LogP contribution in [0.25, 0.3) is 10.8 Å². The van der Waals surface area contributed by atoms with Crippen LogP contribution in [-0.2, 0) is 6.42 Å². The molecule has 0 saturated carbocycles. The van der Waals surface area contributed by atoms with Crippen molar-refractivity contribution in [3.05, 3.63) is 60.7 Å². The molecule has 0 aliphatic rings. The highest BCUT2D eigenvalue weighted by molar-refractivity contribution is 5.83. The molecule has 0 spiro atoms. The van der Waals surface area contributed by atoms with Gasteiger partial charge in [-0.3, -0.25) is 4.99 Å². The van der Waals surface area contributed by atoms with Crippen LogP contribution >= 0.6 is 0 Å². The number of nitrogens with two attached hydrogens (primary N) is 2. The molecule has 0 bridgehead atoms. The first-order valence-corrected chi connectivity index (χ1v) is 7.84. The Balaban J connectivity index is 1.88. The lowest BCUT2D eigenvalue weighted by atomic mass is 9.93. The Morgan fingerprint density at radius 1 is 1.09 bits per heavy atom. The normalized spacial score (nSPS) is 12.0. The van der Waals surface area contributed by atoms with E-state index in [0.29, 0.717) is 12.5 Å². The van der Waals surface area contributed by atoms with Crippen molar-refractivity contribution in [1.82, 2.24) is 0 Å². The Hall–Kier alpha value is -2.29. The molecule has 0 fully saturated rings. The van der Waals surface area contributed by atoms with Crippen molar-refractivity contribution >= 4 is 16.7 Å². The maximum Gasteiger partial charge on any atom is 0.185 e. The molecule has 3 heteroatoms. The average Bonchev–Trinajstić information content (AvgIpc) is 2.53. The number of nitrogens with zero attached hydrogens (tertiary/aromatic N) is 1. The van der Waals surface area contributed by atoms with Crippen LogP contribution in [0.1, 0.15) is 24.8 Å². The summed E-state index contributed by atoms with van der Waals surface area (Å²) in [6.45, 7) is 4.69. The van der Waals surface area contributed by atoms with Gasteiger partial charge in [-0.2, -0.15) is 0 Å². The number of aliphatic imine (C=N–C) groups is 1. The van der Waals surface area contributed by atoms with E-state index in [1.54, 1.807) is 0 Å². The van der Waals surface area contributed by atoms with Crippen LogP contribution in [0, 0.1) is 5.92 Å². The fourth-order valence-electron chi connectivity index (χ4n) is 2.70. The summed E-state index contributed by atoms with van der Waals surface area (Å²) in [7, 11) is 0. The molecule has 0 heterocycles. The third-order valence-corrected chi connectivity index (χ3v) is 3.92. The minimum Gasteiger partial charge on any atom is -0.370 e. The van der Waals surface area contributed by atoms with Crippen molar-refractivity contribution < 1.29 is 0 Å². The van der Waals surface area contributed by atoms with Crippen molar-refractivity contribution in [2.24, 2.45) is 22.4 Å². The van der Waals surface area contributed by atoms with Crippen LogP contribution in [0.5, 0.6) is 0 Å². The second kappa shape index (κ2) is 8.23. The number of hydrogen-bond donors (Lipinski definition) is 2. The predicted octanol–water partition coefficient (Wildman–Crippen LogP) is 3.63. The summed E-state index contributed by atoms with van der Waals surface area (Å²) in [4.78, 5) is 4.01. The third kappa shape index (κ3) is 4.92. The van der Waals surface area contributed by atoms with E-state index in [2.05, 4.69) is 60.1 Å². The number of allylic oxidation sites excluding steroid dienone is 1. The molecule has 1 atom stereocenters. The first-order chi connectivity index (χ1) is 10.7. The minimum atomic E-state index is 0.177. The van der Waals surface area contributed by atoms with Gasteiger partial charge in [-0.25, -0.2) is 0 Å². The fourth-order valence-corrected chi connectivity index (χ4v) is 2.70. The molecular weight excluding hydrogens is 270 g/mol. The molecule has 2 rings (SSSR count). The quantitative estimate of drug-likeness (QED) is 0.338. The molecule has 0 saturated heterocycles. The van der Waals surface area contributed by atoms with E-state index in [9.17, 15) is 0 Å². The van der Waals surface area contributed by atoms with E-state index < -0.39 is 0 Å². The molecule has 0 aromatic heterocycles. The number of hydrogen-bond acceptors (Lipinski definition) is 1. The van der Waals surface area contributed by atoms with E-state index in [4.69, 9.17) is 11.5 Å². The van der Waals surface area contributed by atoms with Gasteiger partial charge < -0.3 is 11.5 Å². The number of fused-ring (bicyclic) bond motifs is 1. The highest BCUT2D eigenvalue weighted by Gasteiger charge is 2.06. The number of benzene rings is 2. The lowest BCUT2D eigenvalue weighted by molar-refractivity contribution is 0.545. The molecule has 2 aromatic carbocycles. The number of unbranched alkanes of at least 4 members (excludes halogenated alkanes) is 1. The van der Waals surface area contributed by atoms with Gasteiger partial charge in [-0.05, 0) is 41.5 Å². The van der Waals surface area contributed by atoms with Gasteiger partial charge in [0.05, 0.1) is 0 Å². The Bertz CT molecular complexity index is 642. The Labute approximate surface area is 132 Å². The molecule has 0 aliphatic heterocycles. The monoisotopic (exact) mass is 295 g/mol. The van der Waals surface area contributed by atoms with E-state index >= 15 is 0 Å². The molecule has 116 valence electrons. The van der Waals surface area contributed by atoms with Crippen molar-refractivity contribution in [2.45, 2.75) is 25.7 Å². The zero-order chi connectivity index (χ0) is 15.8. The van der Waals surface area contributed by atoms with Crippen LogP contribution in [0.15, 0.2) is 60.1 Å². The van der Waals surface area contributed by atoms with Crippen LogP contribution in [0.2, 0.25) is 0 Å². The van der Waals surface area contributed by atoms with Gasteiger partial charge >= 0.3 is 0 Å². The maximum absolute atomic E-state index is 5.32. The van der Waals surface area contributed by atoms with Gasteiger partial charge in [0, 0.05) is 6.54 Å². The summed E-state index contributed by atoms with van der Waals surface area (Å²) >= 11 is 0. The first-order valence-electron chi connectivity index (χ1n) is 7.84. The van der Waals surface area contributed by atoms with Crippen molar-refractivity contribution in [1.29, 1.82) is 0 Å². The summed E-state index contributed by atoms with van der Waals surface area (Å²) in [6, 6.07) is 15.2.